The van der Waals surface area contributed by atoms with E-state index in [-0.39, 0.29) is 21.8 Å². The van der Waals surface area contributed by atoms with E-state index in [9.17, 15) is 20.2 Å². The molecule has 0 aliphatic carbocycles. The first-order valence-corrected chi connectivity index (χ1v) is 6.97. The van der Waals surface area contributed by atoms with Crippen molar-refractivity contribution in [2.75, 3.05) is 0 Å². The molecule has 0 amide bonds. The summed E-state index contributed by atoms with van der Waals surface area (Å²) in [5.74, 6) is -0.459. The number of halogens is 1. The summed E-state index contributed by atoms with van der Waals surface area (Å²) in [7, 11) is 0. The molecule has 23 heavy (non-hydrogen) atoms. The Morgan fingerprint density at radius 1 is 1.30 bits per heavy atom. The summed E-state index contributed by atoms with van der Waals surface area (Å²) in [6, 6.07) is 12.5. The van der Waals surface area contributed by atoms with Crippen molar-refractivity contribution in [2.24, 2.45) is 0 Å². The van der Waals surface area contributed by atoms with Gasteiger partial charge in [0.25, 0.3) is 5.69 Å². The van der Waals surface area contributed by atoms with Crippen LogP contribution in [0.4, 0.5) is 5.69 Å². The van der Waals surface area contributed by atoms with E-state index in [1.54, 1.807) is 18.2 Å². The van der Waals surface area contributed by atoms with Crippen LogP contribution in [0.1, 0.15) is 21.5 Å². The number of rotatable bonds is 4. The first-order valence-electron chi connectivity index (χ1n) is 6.59. The number of Topliss-reactive ketones (excluding diaryl/α,β-unsaturated/α-hetero) is 1. The number of hydrogen-bond donors (Lipinski definition) is 0. The summed E-state index contributed by atoms with van der Waals surface area (Å²) in [5, 5.41) is 20.3. The molecule has 0 N–H and O–H groups in total. The number of carbonyl (C=O) groups is 1. The van der Waals surface area contributed by atoms with Gasteiger partial charge in [-0.2, -0.15) is 5.26 Å². The Hall–Kier alpha value is -2.97. The van der Waals surface area contributed by atoms with Crippen molar-refractivity contribution < 1.29 is 9.72 Å². The van der Waals surface area contributed by atoms with Gasteiger partial charge in [-0.1, -0.05) is 35.4 Å². The quantitative estimate of drug-likeness (QED) is 0.275. The lowest BCUT2D eigenvalue weighted by molar-refractivity contribution is -0.384. The lowest BCUT2D eigenvalue weighted by Gasteiger charge is -2.03. The van der Waals surface area contributed by atoms with Crippen molar-refractivity contribution in [3.8, 4) is 6.07 Å². The average Bonchev–Trinajstić information content (AvgIpc) is 2.53. The molecule has 0 unspecified atom stereocenters. The normalized spacial score (nSPS) is 10.9. The fraction of sp³-hybridized carbons (Fsp3) is 0.0588. The molecule has 114 valence electrons. The second-order valence-corrected chi connectivity index (χ2v) is 5.24. The molecule has 0 saturated carbocycles. The zero-order chi connectivity index (χ0) is 17.0. The van der Waals surface area contributed by atoms with E-state index < -0.39 is 10.7 Å². The number of nitro groups is 1. The zero-order valence-electron chi connectivity index (χ0n) is 12.1. The number of nitriles is 1. The summed E-state index contributed by atoms with van der Waals surface area (Å²) in [6.07, 6.45) is 1.26. The van der Waals surface area contributed by atoms with Crippen molar-refractivity contribution in [2.45, 2.75) is 6.92 Å². The molecule has 0 aliphatic heterocycles. The van der Waals surface area contributed by atoms with Gasteiger partial charge in [-0.25, -0.2) is 0 Å². The summed E-state index contributed by atoms with van der Waals surface area (Å²) < 4.78 is 0. The molecule has 0 radical (unpaired) electrons. The molecular weight excluding hydrogens is 316 g/mol. The lowest BCUT2D eigenvalue weighted by atomic mass is 10.0. The van der Waals surface area contributed by atoms with Crippen LogP contribution in [-0.2, 0) is 0 Å². The molecule has 0 saturated heterocycles. The third-order valence-corrected chi connectivity index (χ3v) is 3.48. The topological polar surface area (TPSA) is 84.0 Å². The average molecular weight is 327 g/mol. The van der Waals surface area contributed by atoms with E-state index in [1.165, 1.54) is 24.3 Å². The van der Waals surface area contributed by atoms with Gasteiger partial charge in [0.1, 0.15) is 11.6 Å². The molecule has 0 atom stereocenters. The van der Waals surface area contributed by atoms with Gasteiger partial charge in [0.15, 0.2) is 0 Å². The summed E-state index contributed by atoms with van der Waals surface area (Å²) >= 11 is 5.99. The van der Waals surface area contributed by atoms with Crippen LogP contribution in [0, 0.1) is 28.4 Å². The van der Waals surface area contributed by atoms with Crippen LogP contribution in [0.15, 0.2) is 48.0 Å². The minimum atomic E-state index is -0.567. The second kappa shape index (κ2) is 6.86. The SMILES string of the molecule is Cc1cccc(C(=O)/C(C#N)=C/c2cc([N+](=O)[O-])ccc2Cl)c1. The van der Waals surface area contributed by atoms with Gasteiger partial charge >= 0.3 is 0 Å². The Morgan fingerprint density at radius 3 is 2.65 bits per heavy atom. The highest BCUT2D eigenvalue weighted by Gasteiger charge is 2.14. The monoisotopic (exact) mass is 326 g/mol. The van der Waals surface area contributed by atoms with E-state index in [1.807, 2.05) is 19.1 Å². The molecule has 0 aromatic heterocycles. The van der Waals surface area contributed by atoms with Gasteiger partial charge in [-0.05, 0) is 25.1 Å². The minimum absolute atomic E-state index is 0.141. The van der Waals surface area contributed by atoms with Crippen LogP contribution in [-0.4, -0.2) is 10.7 Å². The number of benzene rings is 2. The van der Waals surface area contributed by atoms with Crippen LogP contribution in [0.5, 0.6) is 0 Å². The Labute approximate surface area is 137 Å². The highest BCUT2D eigenvalue weighted by atomic mass is 35.5. The first kappa shape index (κ1) is 16.4. The molecule has 5 nitrogen and oxygen atoms in total. The minimum Gasteiger partial charge on any atom is -0.288 e. The van der Waals surface area contributed by atoms with Crippen molar-refractivity contribution in [3.63, 3.8) is 0 Å². The van der Waals surface area contributed by atoms with Crippen LogP contribution in [0.3, 0.4) is 0 Å². The molecule has 0 aliphatic rings. The Kier molecular flexibility index (Phi) is 4.89. The molecule has 0 fully saturated rings. The number of nitro benzene ring substituents is 1. The van der Waals surface area contributed by atoms with Gasteiger partial charge < -0.3 is 0 Å². The predicted molar refractivity (Wildman–Crippen MR) is 87.2 cm³/mol. The van der Waals surface area contributed by atoms with Crippen molar-refractivity contribution in [1.82, 2.24) is 0 Å². The van der Waals surface area contributed by atoms with Gasteiger partial charge in [0.05, 0.1) is 4.92 Å². The van der Waals surface area contributed by atoms with Gasteiger partial charge in [-0.3, -0.25) is 14.9 Å². The van der Waals surface area contributed by atoms with Crippen LogP contribution in [0.2, 0.25) is 5.02 Å². The van der Waals surface area contributed by atoms with Crippen LogP contribution in [0.25, 0.3) is 6.08 Å². The van der Waals surface area contributed by atoms with Crippen molar-refractivity contribution >= 4 is 29.1 Å². The fourth-order valence-corrected chi connectivity index (χ4v) is 2.17. The van der Waals surface area contributed by atoms with Gasteiger partial charge in [0, 0.05) is 28.3 Å². The van der Waals surface area contributed by atoms with E-state index in [4.69, 9.17) is 11.6 Å². The highest BCUT2D eigenvalue weighted by molar-refractivity contribution is 6.32. The van der Waals surface area contributed by atoms with Gasteiger partial charge in [-0.15, -0.1) is 0 Å². The maximum Gasteiger partial charge on any atom is 0.270 e. The summed E-state index contributed by atoms with van der Waals surface area (Å²) in [6.45, 7) is 1.84. The van der Waals surface area contributed by atoms with E-state index >= 15 is 0 Å². The predicted octanol–water partition coefficient (Wildman–Crippen LogP) is 4.35. The fourth-order valence-electron chi connectivity index (χ4n) is 2.00. The Balaban J connectivity index is 2.47. The molecule has 0 spiro atoms. The van der Waals surface area contributed by atoms with Crippen LogP contribution >= 0.6 is 11.6 Å². The van der Waals surface area contributed by atoms with E-state index in [0.717, 1.165) is 5.56 Å². The number of aryl methyl sites for hydroxylation is 1. The molecule has 6 heteroatoms. The number of hydrogen-bond acceptors (Lipinski definition) is 4. The number of carbonyl (C=O) groups excluding carboxylic acids is 1. The van der Waals surface area contributed by atoms with Crippen molar-refractivity contribution in [3.05, 3.63) is 79.9 Å². The maximum absolute atomic E-state index is 12.4. The summed E-state index contributed by atoms with van der Waals surface area (Å²) in [4.78, 5) is 22.6. The van der Waals surface area contributed by atoms with E-state index in [0.29, 0.717) is 5.56 Å². The molecule has 0 heterocycles. The Morgan fingerprint density at radius 2 is 2.04 bits per heavy atom. The highest BCUT2D eigenvalue weighted by Crippen LogP contribution is 2.25. The third kappa shape index (κ3) is 3.82. The molecule has 0 bridgehead atoms. The Bertz CT molecular complexity index is 866. The second-order valence-electron chi connectivity index (χ2n) is 4.83. The zero-order valence-corrected chi connectivity index (χ0v) is 12.9. The first-order chi connectivity index (χ1) is 10.9. The number of nitrogens with zero attached hydrogens (tertiary/aromatic N) is 2. The molecule has 2 rings (SSSR count). The van der Waals surface area contributed by atoms with Crippen molar-refractivity contribution in [1.29, 1.82) is 5.26 Å². The van der Waals surface area contributed by atoms with Gasteiger partial charge in [0.2, 0.25) is 5.78 Å². The molecular formula is C17H11ClN2O3. The standard InChI is InChI=1S/C17H11ClN2O3/c1-11-3-2-4-12(7-11)17(21)14(10-19)8-13-9-15(20(22)23)5-6-16(13)18/h2-9H,1H3/b14-8+. The largest absolute Gasteiger partial charge is 0.288 e. The van der Waals surface area contributed by atoms with E-state index in [2.05, 4.69) is 0 Å². The smallest absolute Gasteiger partial charge is 0.270 e. The molecule has 2 aromatic rings. The van der Waals surface area contributed by atoms with Crippen LogP contribution < -0.4 is 0 Å². The molecule has 2 aromatic carbocycles. The lowest BCUT2D eigenvalue weighted by Crippen LogP contribution is -2.02. The third-order valence-electron chi connectivity index (χ3n) is 3.14. The summed E-state index contributed by atoms with van der Waals surface area (Å²) in [5.41, 5.74) is 1.21. The number of ketones is 1. The number of non-ortho nitro benzene ring substituents is 1. The number of allylic oxidation sites excluding steroid dienone is 1. The maximum atomic E-state index is 12.4.